The fourth-order valence-corrected chi connectivity index (χ4v) is 4.04. The molecule has 0 aromatic heterocycles. The van der Waals surface area contributed by atoms with Crippen molar-refractivity contribution in [2.24, 2.45) is 5.73 Å². The smallest absolute Gasteiger partial charge is 0.326 e. The number of aliphatic carboxylic acids is 1. The number of hydrogen-bond donors (Lipinski definition) is 3. The molecule has 1 heterocycles. The SMILES string of the molecule is CC(N)C(=O)NC(CCS(C)(=O)=O)C(=O)N1CC(c2ccccc2)CC1C(=O)O. The van der Waals surface area contributed by atoms with Crippen LogP contribution in [0, 0.1) is 0 Å². The molecule has 2 amide bonds. The van der Waals surface area contributed by atoms with Crippen LogP contribution in [0.1, 0.15) is 31.2 Å². The van der Waals surface area contributed by atoms with Gasteiger partial charge in [-0.1, -0.05) is 30.3 Å². The van der Waals surface area contributed by atoms with Crippen LogP contribution in [-0.4, -0.2) is 72.9 Å². The Bertz CT molecular complexity index is 856. The lowest BCUT2D eigenvalue weighted by Gasteiger charge is -2.27. The van der Waals surface area contributed by atoms with E-state index in [4.69, 9.17) is 5.73 Å². The lowest BCUT2D eigenvalue weighted by atomic mass is 9.96. The number of nitrogens with one attached hydrogen (secondary N) is 1. The van der Waals surface area contributed by atoms with Crippen molar-refractivity contribution in [3.8, 4) is 0 Å². The van der Waals surface area contributed by atoms with Crippen molar-refractivity contribution in [3.63, 3.8) is 0 Å². The number of carbonyl (C=O) groups excluding carboxylic acids is 2. The number of sulfone groups is 1. The normalized spacial score (nSPS) is 21.4. The highest BCUT2D eigenvalue weighted by molar-refractivity contribution is 7.90. The predicted octanol–water partition coefficient (Wildman–Crippen LogP) is -0.278. The molecule has 4 atom stereocenters. The van der Waals surface area contributed by atoms with Gasteiger partial charge in [-0.3, -0.25) is 9.59 Å². The standard InChI is InChI=1S/C19H27N3O6S/c1-12(20)17(23)21-15(8-9-29(2,27)28)18(24)22-11-14(10-16(22)19(25)26)13-6-4-3-5-7-13/h3-7,12,14-16H,8-11,20H2,1-2H3,(H,21,23)(H,25,26). The van der Waals surface area contributed by atoms with Crippen molar-refractivity contribution in [3.05, 3.63) is 35.9 Å². The van der Waals surface area contributed by atoms with E-state index < -0.39 is 45.7 Å². The van der Waals surface area contributed by atoms with Crippen molar-refractivity contribution in [2.45, 2.75) is 43.8 Å². The van der Waals surface area contributed by atoms with Gasteiger partial charge < -0.3 is 21.1 Å². The van der Waals surface area contributed by atoms with Crippen LogP contribution in [0.25, 0.3) is 0 Å². The van der Waals surface area contributed by atoms with E-state index in [1.54, 1.807) is 0 Å². The molecule has 1 saturated heterocycles. The van der Waals surface area contributed by atoms with Crippen molar-refractivity contribution in [1.29, 1.82) is 0 Å². The number of amides is 2. The number of benzene rings is 1. The second-order valence-corrected chi connectivity index (χ2v) is 9.72. The minimum absolute atomic E-state index is 0.158. The van der Waals surface area contributed by atoms with Crippen LogP contribution >= 0.6 is 0 Å². The summed E-state index contributed by atoms with van der Waals surface area (Å²) in [4.78, 5) is 38.1. The maximum Gasteiger partial charge on any atom is 0.326 e. The zero-order valence-corrected chi connectivity index (χ0v) is 17.3. The molecule has 1 aromatic carbocycles. The molecule has 160 valence electrons. The monoisotopic (exact) mass is 425 g/mol. The Labute approximate surface area is 170 Å². The first-order valence-electron chi connectivity index (χ1n) is 9.31. The average molecular weight is 426 g/mol. The summed E-state index contributed by atoms with van der Waals surface area (Å²) in [6.45, 7) is 1.61. The number of hydrogen-bond acceptors (Lipinski definition) is 6. The van der Waals surface area contributed by atoms with Gasteiger partial charge in [-0.25, -0.2) is 13.2 Å². The summed E-state index contributed by atoms with van der Waals surface area (Å²) < 4.78 is 23.1. The summed E-state index contributed by atoms with van der Waals surface area (Å²) >= 11 is 0. The third-order valence-corrected chi connectivity index (χ3v) is 5.92. The van der Waals surface area contributed by atoms with Gasteiger partial charge in [0.1, 0.15) is 21.9 Å². The topological polar surface area (TPSA) is 147 Å². The maximum absolute atomic E-state index is 13.1. The summed E-state index contributed by atoms with van der Waals surface area (Å²) in [5, 5.41) is 12.1. The Morgan fingerprint density at radius 1 is 1.28 bits per heavy atom. The number of nitrogens with two attached hydrogens (primary N) is 1. The van der Waals surface area contributed by atoms with Crippen molar-refractivity contribution < 1.29 is 27.9 Å². The Morgan fingerprint density at radius 2 is 1.90 bits per heavy atom. The summed E-state index contributed by atoms with van der Waals surface area (Å²) in [6, 6.07) is 6.16. The maximum atomic E-state index is 13.1. The summed E-state index contributed by atoms with van der Waals surface area (Å²) in [5.74, 6) is -2.86. The molecule has 4 unspecified atom stereocenters. The predicted molar refractivity (Wildman–Crippen MR) is 107 cm³/mol. The molecule has 0 saturated carbocycles. The number of nitrogens with zero attached hydrogens (tertiary/aromatic N) is 1. The molecule has 0 radical (unpaired) electrons. The molecule has 0 bridgehead atoms. The Morgan fingerprint density at radius 3 is 2.41 bits per heavy atom. The average Bonchev–Trinajstić information content (AvgIpc) is 3.10. The quantitative estimate of drug-likeness (QED) is 0.519. The van der Waals surface area contributed by atoms with Crippen LogP contribution in [0.2, 0.25) is 0 Å². The van der Waals surface area contributed by atoms with E-state index >= 15 is 0 Å². The molecule has 9 nitrogen and oxygen atoms in total. The summed E-state index contributed by atoms with van der Waals surface area (Å²) in [6.07, 6.45) is 1.11. The van der Waals surface area contributed by atoms with Gasteiger partial charge in [-0.2, -0.15) is 0 Å². The van der Waals surface area contributed by atoms with E-state index in [0.717, 1.165) is 11.8 Å². The number of carbonyl (C=O) groups is 3. The van der Waals surface area contributed by atoms with Crippen molar-refractivity contribution >= 4 is 27.6 Å². The minimum atomic E-state index is -3.39. The van der Waals surface area contributed by atoms with Gasteiger partial charge in [-0.05, 0) is 25.3 Å². The van der Waals surface area contributed by atoms with Gasteiger partial charge in [0.05, 0.1) is 11.8 Å². The van der Waals surface area contributed by atoms with Crippen LogP contribution in [-0.2, 0) is 24.2 Å². The van der Waals surface area contributed by atoms with Crippen LogP contribution in [0.4, 0.5) is 0 Å². The highest BCUT2D eigenvalue weighted by atomic mass is 32.2. The zero-order chi connectivity index (χ0) is 21.8. The first kappa shape index (κ1) is 22.8. The summed E-state index contributed by atoms with van der Waals surface area (Å²) in [7, 11) is -3.39. The molecule has 2 rings (SSSR count). The fraction of sp³-hybridized carbons (Fsp3) is 0.526. The highest BCUT2D eigenvalue weighted by Gasteiger charge is 2.42. The lowest BCUT2D eigenvalue weighted by molar-refractivity contribution is -0.149. The molecule has 4 N–H and O–H groups in total. The second kappa shape index (κ2) is 9.36. The van der Waals surface area contributed by atoms with Gasteiger partial charge in [0.2, 0.25) is 11.8 Å². The highest BCUT2D eigenvalue weighted by Crippen LogP contribution is 2.32. The van der Waals surface area contributed by atoms with Gasteiger partial charge in [0, 0.05) is 18.7 Å². The zero-order valence-electron chi connectivity index (χ0n) is 16.4. The van der Waals surface area contributed by atoms with Crippen molar-refractivity contribution in [2.75, 3.05) is 18.6 Å². The Hall–Kier alpha value is -2.46. The largest absolute Gasteiger partial charge is 0.480 e. The molecule has 1 aromatic rings. The van der Waals surface area contributed by atoms with E-state index in [1.807, 2.05) is 30.3 Å². The first-order valence-corrected chi connectivity index (χ1v) is 11.4. The van der Waals surface area contributed by atoms with Gasteiger partial charge in [0.15, 0.2) is 0 Å². The Balaban J connectivity index is 2.25. The molecular weight excluding hydrogens is 398 g/mol. The lowest BCUT2D eigenvalue weighted by Crippen LogP contribution is -2.54. The van der Waals surface area contributed by atoms with E-state index in [0.29, 0.717) is 0 Å². The van der Waals surface area contributed by atoms with Crippen LogP contribution in [0.15, 0.2) is 30.3 Å². The fourth-order valence-electron chi connectivity index (χ4n) is 3.37. The Kier molecular flexibility index (Phi) is 7.37. The molecule has 1 aliphatic rings. The molecule has 10 heteroatoms. The van der Waals surface area contributed by atoms with Crippen LogP contribution in [0.5, 0.6) is 0 Å². The molecule has 0 spiro atoms. The van der Waals surface area contributed by atoms with E-state index in [-0.39, 0.29) is 31.1 Å². The molecule has 1 fully saturated rings. The number of carboxylic acids is 1. The molecule has 29 heavy (non-hydrogen) atoms. The number of likely N-dealkylation sites (tertiary alicyclic amines) is 1. The number of rotatable bonds is 8. The van der Waals surface area contributed by atoms with E-state index in [1.165, 1.54) is 11.8 Å². The molecule has 0 aliphatic carbocycles. The van der Waals surface area contributed by atoms with Gasteiger partial charge in [-0.15, -0.1) is 0 Å². The number of carboxylic acid groups (broad SMARTS) is 1. The summed E-state index contributed by atoms with van der Waals surface area (Å²) in [5.41, 5.74) is 6.46. The van der Waals surface area contributed by atoms with Crippen LogP contribution < -0.4 is 11.1 Å². The third kappa shape index (κ3) is 6.26. The van der Waals surface area contributed by atoms with Gasteiger partial charge in [0.25, 0.3) is 0 Å². The first-order chi connectivity index (χ1) is 13.5. The minimum Gasteiger partial charge on any atom is -0.480 e. The van der Waals surface area contributed by atoms with E-state index in [2.05, 4.69) is 5.32 Å². The molecular formula is C19H27N3O6S. The molecule has 1 aliphatic heterocycles. The van der Waals surface area contributed by atoms with Crippen molar-refractivity contribution in [1.82, 2.24) is 10.2 Å². The second-order valence-electron chi connectivity index (χ2n) is 7.46. The third-order valence-electron chi connectivity index (χ3n) is 4.95. The van der Waals surface area contributed by atoms with E-state index in [9.17, 15) is 27.9 Å². The van der Waals surface area contributed by atoms with Crippen LogP contribution in [0.3, 0.4) is 0 Å². The van der Waals surface area contributed by atoms with Gasteiger partial charge >= 0.3 is 5.97 Å².